The molecule has 0 aliphatic carbocycles. The molecule has 2 N–H and O–H groups in total. The highest BCUT2D eigenvalue weighted by atomic mass is 32.2. The van der Waals surface area contributed by atoms with Crippen LogP contribution in [0, 0.1) is 0 Å². The first-order valence-corrected chi connectivity index (χ1v) is 9.26. The number of benzene rings is 1. The highest BCUT2D eigenvalue weighted by molar-refractivity contribution is 7.98. The predicted octanol–water partition coefficient (Wildman–Crippen LogP) is 1.83. The van der Waals surface area contributed by atoms with Gasteiger partial charge in [-0.25, -0.2) is 13.1 Å². The van der Waals surface area contributed by atoms with Crippen molar-refractivity contribution in [2.24, 2.45) is 0 Å². The summed E-state index contributed by atoms with van der Waals surface area (Å²) >= 11 is 1.72. The van der Waals surface area contributed by atoms with Crippen molar-refractivity contribution >= 4 is 21.8 Å². The smallest absolute Gasteiger partial charge is 0.240 e. The minimum atomic E-state index is -3.38. The number of hydrogen-bond donors (Lipinski definition) is 2. The van der Waals surface area contributed by atoms with Crippen LogP contribution in [0.2, 0.25) is 0 Å². The largest absolute Gasteiger partial charge is 0.313 e. The van der Waals surface area contributed by atoms with Crippen LogP contribution in [-0.4, -0.2) is 33.5 Å². The van der Waals surface area contributed by atoms with Gasteiger partial charge in [-0.2, -0.15) is 11.8 Å². The Balaban J connectivity index is 2.66. The minimum Gasteiger partial charge on any atom is -0.313 e. The Labute approximate surface area is 120 Å². The molecule has 0 saturated carbocycles. The summed E-state index contributed by atoms with van der Waals surface area (Å²) in [6, 6.07) is 7.06. The molecule has 1 rings (SSSR count). The van der Waals surface area contributed by atoms with Crippen molar-refractivity contribution in [1.29, 1.82) is 0 Å². The zero-order valence-corrected chi connectivity index (χ0v) is 13.1. The van der Waals surface area contributed by atoms with Crippen molar-refractivity contribution in [2.75, 3.05) is 25.1 Å². The molecule has 0 fully saturated rings. The molecular weight excluding hydrogens is 280 g/mol. The van der Waals surface area contributed by atoms with E-state index in [1.54, 1.807) is 30.0 Å². The van der Waals surface area contributed by atoms with Gasteiger partial charge in [0.05, 0.1) is 4.90 Å². The van der Waals surface area contributed by atoms with Gasteiger partial charge in [0.25, 0.3) is 0 Å². The maximum absolute atomic E-state index is 12.1. The fraction of sp³-hybridized carbons (Fsp3) is 0.538. The van der Waals surface area contributed by atoms with Crippen LogP contribution in [-0.2, 0) is 16.6 Å². The molecule has 6 heteroatoms. The van der Waals surface area contributed by atoms with Gasteiger partial charge in [0.15, 0.2) is 0 Å². The minimum absolute atomic E-state index is 0.340. The molecule has 0 aromatic heterocycles. The first kappa shape index (κ1) is 16.5. The number of hydrogen-bond acceptors (Lipinski definition) is 4. The van der Waals surface area contributed by atoms with Crippen molar-refractivity contribution in [3.8, 4) is 0 Å². The molecule has 0 saturated heterocycles. The van der Waals surface area contributed by atoms with Crippen LogP contribution < -0.4 is 10.0 Å². The first-order chi connectivity index (χ1) is 9.10. The Morgan fingerprint density at radius 1 is 1.32 bits per heavy atom. The summed E-state index contributed by atoms with van der Waals surface area (Å²) in [5, 5.41) is 3.19. The lowest BCUT2D eigenvalue weighted by atomic mass is 10.2. The quantitative estimate of drug-likeness (QED) is 0.683. The normalized spacial score (nSPS) is 11.7. The summed E-state index contributed by atoms with van der Waals surface area (Å²) in [4.78, 5) is 0.340. The molecule has 1 aromatic rings. The van der Waals surface area contributed by atoms with E-state index in [-0.39, 0.29) is 0 Å². The molecule has 0 aliphatic heterocycles. The summed E-state index contributed by atoms with van der Waals surface area (Å²) in [7, 11) is -3.38. The summed E-state index contributed by atoms with van der Waals surface area (Å²) in [6.07, 6.45) is 2.86. The molecule has 0 spiro atoms. The topological polar surface area (TPSA) is 58.2 Å². The van der Waals surface area contributed by atoms with E-state index < -0.39 is 10.0 Å². The molecule has 0 aliphatic rings. The third-order valence-electron chi connectivity index (χ3n) is 2.61. The van der Waals surface area contributed by atoms with Crippen LogP contribution in [0.5, 0.6) is 0 Å². The average molecular weight is 302 g/mol. The maximum atomic E-state index is 12.1. The molecule has 108 valence electrons. The van der Waals surface area contributed by atoms with Crippen LogP contribution in [0.25, 0.3) is 0 Å². The van der Waals surface area contributed by atoms with Gasteiger partial charge in [0.2, 0.25) is 10.0 Å². The molecule has 4 nitrogen and oxygen atoms in total. The molecule has 0 atom stereocenters. The third-order valence-corrected chi connectivity index (χ3v) is 4.76. The van der Waals surface area contributed by atoms with E-state index in [1.807, 2.05) is 19.2 Å². The van der Waals surface area contributed by atoms with Gasteiger partial charge in [-0.3, -0.25) is 0 Å². The zero-order chi connectivity index (χ0) is 14.1. The lowest BCUT2D eigenvalue weighted by Gasteiger charge is -2.08. The van der Waals surface area contributed by atoms with E-state index in [0.29, 0.717) is 18.0 Å². The van der Waals surface area contributed by atoms with E-state index in [1.165, 1.54) is 0 Å². The van der Waals surface area contributed by atoms with Crippen molar-refractivity contribution in [3.05, 3.63) is 29.8 Å². The Bertz CT molecular complexity index is 475. The standard InChI is InChI=1S/C13H22N2O2S2/c1-3-14-11-12-6-4-7-13(10-12)19(16,17)15-8-5-9-18-2/h4,6-7,10,14-15H,3,5,8-9,11H2,1-2H3. The lowest BCUT2D eigenvalue weighted by molar-refractivity contribution is 0.580. The molecule has 0 unspecified atom stereocenters. The molecule has 0 radical (unpaired) electrons. The van der Waals surface area contributed by atoms with Gasteiger partial charge in [-0.05, 0) is 42.7 Å². The lowest BCUT2D eigenvalue weighted by Crippen LogP contribution is -2.25. The van der Waals surface area contributed by atoms with Crippen molar-refractivity contribution in [1.82, 2.24) is 10.0 Å². The second-order valence-electron chi connectivity index (χ2n) is 4.17. The van der Waals surface area contributed by atoms with Gasteiger partial charge in [-0.15, -0.1) is 0 Å². The molecule has 1 aromatic carbocycles. The van der Waals surface area contributed by atoms with E-state index in [9.17, 15) is 8.42 Å². The van der Waals surface area contributed by atoms with Crippen LogP contribution >= 0.6 is 11.8 Å². The number of rotatable bonds is 9. The summed E-state index contributed by atoms with van der Waals surface area (Å²) in [5.41, 5.74) is 0.980. The molecule has 19 heavy (non-hydrogen) atoms. The summed E-state index contributed by atoms with van der Waals surface area (Å²) in [5.74, 6) is 0.961. The van der Waals surface area contributed by atoms with E-state index in [0.717, 1.165) is 24.3 Å². The SMILES string of the molecule is CCNCc1cccc(S(=O)(=O)NCCCSC)c1. The average Bonchev–Trinajstić information content (AvgIpc) is 2.42. The van der Waals surface area contributed by atoms with Crippen LogP contribution in [0.3, 0.4) is 0 Å². The van der Waals surface area contributed by atoms with E-state index in [4.69, 9.17) is 0 Å². The number of thioether (sulfide) groups is 1. The van der Waals surface area contributed by atoms with Gasteiger partial charge in [0, 0.05) is 13.1 Å². The van der Waals surface area contributed by atoms with Gasteiger partial charge < -0.3 is 5.32 Å². The van der Waals surface area contributed by atoms with Crippen molar-refractivity contribution in [3.63, 3.8) is 0 Å². The first-order valence-electron chi connectivity index (χ1n) is 6.38. The number of sulfonamides is 1. The van der Waals surface area contributed by atoms with Crippen LogP contribution in [0.4, 0.5) is 0 Å². The number of nitrogens with one attached hydrogen (secondary N) is 2. The van der Waals surface area contributed by atoms with Gasteiger partial charge >= 0.3 is 0 Å². The molecule has 0 amide bonds. The van der Waals surface area contributed by atoms with Gasteiger partial charge in [-0.1, -0.05) is 19.1 Å². The predicted molar refractivity (Wildman–Crippen MR) is 82.0 cm³/mol. The second kappa shape index (κ2) is 8.58. The van der Waals surface area contributed by atoms with Gasteiger partial charge in [0.1, 0.15) is 0 Å². The third kappa shape index (κ3) is 5.95. The fourth-order valence-electron chi connectivity index (χ4n) is 1.60. The van der Waals surface area contributed by atoms with Crippen LogP contribution in [0.15, 0.2) is 29.2 Å². The summed E-state index contributed by atoms with van der Waals surface area (Å²) in [6.45, 7) is 4.06. The van der Waals surface area contributed by atoms with Crippen molar-refractivity contribution < 1.29 is 8.42 Å². The molecule has 0 heterocycles. The molecular formula is C13H22N2O2S2. The Morgan fingerprint density at radius 3 is 2.79 bits per heavy atom. The zero-order valence-electron chi connectivity index (χ0n) is 11.5. The monoisotopic (exact) mass is 302 g/mol. The Hall–Kier alpha value is -0.560. The van der Waals surface area contributed by atoms with Crippen LogP contribution in [0.1, 0.15) is 18.9 Å². The maximum Gasteiger partial charge on any atom is 0.240 e. The summed E-state index contributed by atoms with van der Waals surface area (Å²) < 4.78 is 26.8. The van der Waals surface area contributed by atoms with E-state index >= 15 is 0 Å². The Morgan fingerprint density at radius 2 is 2.11 bits per heavy atom. The highest BCUT2D eigenvalue weighted by Crippen LogP contribution is 2.11. The molecule has 0 bridgehead atoms. The fourth-order valence-corrected chi connectivity index (χ4v) is 3.18. The van der Waals surface area contributed by atoms with Crippen molar-refractivity contribution in [2.45, 2.75) is 24.8 Å². The second-order valence-corrected chi connectivity index (χ2v) is 6.92. The highest BCUT2D eigenvalue weighted by Gasteiger charge is 2.13. The Kier molecular flexibility index (Phi) is 7.45. The van der Waals surface area contributed by atoms with E-state index in [2.05, 4.69) is 10.0 Å².